The first-order valence-corrected chi connectivity index (χ1v) is 8.58. The summed E-state index contributed by atoms with van der Waals surface area (Å²) in [4.78, 5) is 12.1. The van der Waals surface area contributed by atoms with Gasteiger partial charge in [-0.05, 0) is 42.6 Å². The third-order valence-electron chi connectivity index (χ3n) is 4.27. The summed E-state index contributed by atoms with van der Waals surface area (Å²) in [5.41, 5.74) is 2.21. The van der Waals surface area contributed by atoms with Gasteiger partial charge in [0.05, 0.1) is 6.04 Å². The van der Waals surface area contributed by atoms with Gasteiger partial charge in [0.15, 0.2) is 0 Å². The molecular weight excluding hydrogens is 300 g/mol. The van der Waals surface area contributed by atoms with E-state index in [1.807, 2.05) is 54.6 Å². The second-order valence-corrected chi connectivity index (χ2v) is 6.14. The molecule has 2 aromatic rings. The summed E-state index contributed by atoms with van der Waals surface area (Å²) in [6.07, 6.45) is 3.22. The Hall–Kier alpha value is -2.33. The number of hydrogen-bond donors (Lipinski definition) is 2. The van der Waals surface area contributed by atoms with Gasteiger partial charge in [-0.15, -0.1) is 0 Å². The quantitative estimate of drug-likeness (QED) is 0.859. The van der Waals surface area contributed by atoms with E-state index in [9.17, 15) is 4.79 Å². The van der Waals surface area contributed by atoms with Crippen LogP contribution < -0.4 is 15.4 Å². The van der Waals surface area contributed by atoms with Crippen molar-refractivity contribution in [1.82, 2.24) is 10.6 Å². The molecule has 4 nitrogen and oxygen atoms in total. The molecular formula is C20H24N2O2. The molecule has 0 spiro atoms. The molecule has 126 valence electrons. The van der Waals surface area contributed by atoms with Crippen LogP contribution in [0.2, 0.25) is 0 Å². The number of para-hydroxylation sites is 1. The Kier molecular flexibility index (Phi) is 5.85. The lowest BCUT2D eigenvalue weighted by atomic mass is 10.0. The number of benzene rings is 2. The van der Waals surface area contributed by atoms with E-state index in [-0.39, 0.29) is 11.9 Å². The summed E-state index contributed by atoms with van der Waals surface area (Å²) < 4.78 is 5.73. The van der Waals surface area contributed by atoms with Crippen LogP contribution in [0.15, 0.2) is 54.6 Å². The fourth-order valence-electron chi connectivity index (χ4n) is 2.82. The topological polar surface area (TPSA) is 50.4 Å². The second kappa shape index (κ2) is 8.50. The van der Waals surface area contributed by atoms with Crippen molar-refractivity contribution in [2.24, 2.45) is 0 Å². The normalized spacial score (nSPS) is 17.2. The lowest BCUT2D eigenvalue weighted by Gasteiger charge is -2.22. The third-order valence-corrected chi connectivity index (χ3v) is 4.27. The van der Waals surface area contributed by atoms with Crippen LogP contribution >= 0.6 is 0 Å². The van der Waals surface area contributed by atoms with E-state index in [1.54, 1.807) is 0 Å². The minimum absolute atomic E-state index is 0.0303. The lowest BCUT2D eigenvalue weighted by Crippen LogP contribution is -2.46. The van der Waals surface area contributed by atoms with Crippen molar-refractivity contribution in [3.8, 4) is 5.75 Å². The van der Waals surface area contributed by atoms with Gasteiger partial charge in [0.2, 0.25) is 5.91 Å². The molecule has 24 heavy (non-hydrogen) atoms. The van der Waals surface area contributed by atoms with Gasteiger partial charge in [0, 0.05) is 6.54 Å². The number of carbonyl (C=O) groups excluding carboxylic acids is 1. The molecule has 1 fully saturated rings. The molecule has 4 heteroatoms. The number of amides is 1. The smallest absolute Gasteiger partial charge is 0.237 e. The van der Waals surface area contributed by atoms with Crippen LogP contribution in [-0.2, 0) is 17.9 Å². The van der Waals surface area contributed by atoms with Gasteiger partial charge >= 0.3 is 0 Å². The van der Waals surface area contributed by atoms with E-state index < -0.39 is 0 Å². The van der Waals surface area contributed by atoms with Crippen molar-refractivity contribution in [3.05, 3.63) is 65.7 Å². The Morgan fingerprint density at radius 2 is 1.79 bits per heavy atom. The molecule has 2 aromatic carbocycles. The van der Waals surface area contributed by atoms with Crippen molar-refractivity contribution >= 4 is 5.91 Å². The van der Waals surface area contributed by atoms with E-state index in [1.165, 1.54) is 0 Å². The van der Waals surface area contributed by atoms with Crippen molar-refractivity contribution in [1.29, 1.82) is 0 Å². The molecule has 1 atom stereocenters. The maximum absolute atomic E-state index is 12.1. The summed E-state index contributed by atoms with van der Waals surface area (Å²) in [5, 5.41) is 6.28. The molecule has 0 bridgehead atoms. The van der Waals surface area contributed by atoms with Gasteiger partial charge in [-0.1, -0.05) is 48.9 Å². The maximum atomic E-state index is 12.1. The predicted octanol–water partition coefficient (Wildman–Crippen LogP) is 3.02. The number of hydrogen-bond acceptors (Lipinski definition) is 3. The standard InChI is InChI=1S/C20H24N2O2/c23-20(19-8-4-5-13-21-19)22-14-16-9-11-17(12-10-16)15-24-18-6-2-1-3-7-18/h1-3,6-7,9-12,19,21H,4-5,8,13-15H2,(H,22,23). The molecule has 0 radical (unpaired) electrons. The van der Waals surface area contributed by atoms with Crippen LogP contribution in [0.4, 0.5) is 0 Å². The zero-order valence-electron chi connectivity index (χ0n) is 13.8. The highest BCUT2D eigenvalue weighted by Gasteiger charge is 2.19. The lowest BCUT2D eigenvalue weighted by molar-refractivity contribution is -0.123. The second-order valence-electron chi connectivity index (χ2n) is 6.14. The Morgan fingerprint density at radius 3 is 2.50 bits per heavy atom. The zero-order chi connectivity index (χ0) is 16.6. The first-order valence-electron chi connectivity index (χ1n) is 8.58. The first kappa shape index (κ1) is 16.5. The first-order chi connectivity index (χ1) is 11.8. The Bertz CT molecular complexity index is 634. The van der Waals surface area contributed by atoms with Crippen molar-refractivity contribution < 1.29 is 9.53 Å². The monoisotopic (exact) mass is 324 g/mol. The van der Waals surface area contributed by atoms with Crippen molar-refractivity contribution in [3.63, 3.8) is 0 Å². The Balaban J connectivity index is 1.45. The third kappa shape index (κ3) is 4.83. The van der Waals surface area contributed by atoms with Gasteiger partial charge < -0.3 is 15.4 Å². The number of piperidine rings is 1. The summed E-state index contributed by atoms with van der Waals surface area (Å²) in [6.45, 7) is 2.05. The highest BCUT2D eigenvalue weighted by atomic mass is 16.5. The molecule has 3 rings (SSSR count). The number of carbonyl (C=O) groups is 1. The zero-order valence-corrected chi connectivity index (χ0v) is 13.8. The van der Waals surface area contributed by atoms with Crippen molar-refractivity contribution in [2.75, 3.05) is 6.54 Å². The molecule has 1 amide bonds. The predicted molar refractivity (Wildman–Crippen MR) is 94.7 cm³/mol. The van der Waals surface area contributed by atoms with Crippen LogP contribution in [0.25, 0.3) is 0 Å². The molecule has 0 saturated carbocycles. The van der Waals surface area contributed by atoms with Crippen LogP contribution in [0.3, 0.4) is 0 Å². The Morgan fingerprint density at radius 1 is 1.04 bits per heavy atom. The number of nitrogens with one attached hydrogen (secondary N) is 2. The maximum Gasteiger partial charge on any atom is 0.237 e. The SMILES string of the molecule is O=C(NCc1ccc(COc2ccccc2)cc1)C1CCCCN1. The van der Waals surface area contributed by atoms with Crippen molar-refractivity contribution in [2.45, 2.75) is 38.5 Å². The minimum atomic E-state index is -0.0303. The van der Waals surface area contributed by atoms with Gasteiger partial charge in [-0.3, -0.25) is 4.79 Å². The fourth-order valence-corrected chi connectivity index (χ4v) is 2.82. The van der Waals surface area contributed by atoms with Crippen LogP contribution in [-0.4, -0.2) is 18.5 Å². The molecule has 2 N–H and O–H groups in total. The van der Waals surface area contributed by atoms with E-state index in [0.717, 1.165) is 42.7 Å². The van der Waals surface area contributed by atoms with E-state index in [4.69, 9.17) is 4.74 Å². The molecule has 0 aromatic heterocycles. The van der Waals surface area contributed by atoms with Crippen LogP contribution in [0.5, 0.6) is 5.75 Å². The molecule has 1 saturated heterocycles. The number of ether oxygens (including phenoxy) is 1. The largest absolute Gasteiger partial charge is 0.489 e. The summed E-state index contributed by atoms with van der Waals surface area (Å²) >= 11 is 0. The average molecular weight is 324 g/mol. The average Bonchev–Trinajstić information content (AvgIpc) is 2.67. The minimum Gasteiger partial charge on any atom is -0.489 e. The van der Waals surface area contributed by atoms with Crippen LogP contribution in [0.1, 0.15) is 30.4 Å². The molecule has 1 unspecified atom stereocenters. The number of rotatable bonds is 6. The molecule has 0 aliphatic carbocycles. The summed E-state index contributed by atoms with van der Waals surface area (Å²) in [6, 6.07) is 17.9. The van der Waals surface area contributed by atoms with E-state index in [2.05, 4.69) is 10.6 Å². The molecule has 1 aliphatic rings. The summed E-state index contributed by atoms with van der Waals surface area (Å²) in [7, 11) is 0. The van der Waals surface area contributed by atoms with Gasteiger partial charge in [-0.25, -0.2) is 0 Å². The van der Waals surface area contributed by atoms with Gasteiger partial charge in [0.25, 0.3) is 0 Å². The van der Waals surface area contributed by atoms with E-state index in [0.29, 0.717) is 13.2 Å². The Labute approximate surface area is 143 Å². The van der Waals surface area contributed by atoms with E-state index >= 15 is 0 Å². The molecule has 1 heterocycles. The highest BCUT2D eigenvalue weighted by molar-refractivity contribution is 5.81. The fraction of sp³-hybridized carbons (Fsp3) is 0.350. The van der Waals surface area contributed by atoms with Crippen LogP contribution in [0, 0.1) is 0 Å². The highest BCUT2D eigenvalue weighted by Crippen LogP contribution is 2.12. The van der Waals surface area contributed by atoms with Gasteiger partial charge in [-0.2, -0.15) is 0 Å². The molecule has 1 aliphatic heterocycles. The summed E-state index contributed by atoms with van der Waals surface area (Å²) in [5.74, 6) is 0.972. The van der Waals surface area contributed by atoms with Gasteiger partial charge in [0.1, 0.15) is 12.4 Å².